The molecule has 5 aliphatic carbocycles. The van der Waals surface area contributed by atoms with E-state index in [-0.39, 0.29) is 5.82 Å². The van der Waals surface area contributed by atoms with Crippen molar-refractivity contribution in [1.82, 2.24) is 5.32 Å². The molecule has 1 nitrogen and oxygen atoms in total. The van der Waals surface area contributed by atoms with Crippen LogP contribution in [0.4, 0.5) is 4.39 Å². The molecule has 0 amide bonds. The van der Waals surface area contributed by atoms with Crippen LogP contribution >= 0.6 is 0 Å². The SMILES string of the molecule is Fc1cccc(CCCN[C@H]2C3C4CC5C6C4CC3C6C52)c1. The van der Waals surface area contributed by atoms with Crippen molar-refractivity contribution >= 4 is 0 Å². The van der Waals surface area contributed by atoms with E-state index >= 15 is 0 Å². The Bertz CT molecular complexity index is 622. The van der Waals surface area contributed by atoms with Gasteiger partial charge in [0.2, 0.25) is 0 Å². The molecule has 0 radical (unpaired) electrons. The maximum absolute atomic E-state index is 13.2. The van der Waals surface area contributed by atoms with Gasteiger partial charge in [-0.3, -0.25) is 0 Å². The summed E-state index contributed by atoms with van der Waals surface area (Å²) in [5, 5.41) is 3.95. The first-order chi connectivity index (χ1) is 10.8. The second-order valence-corrected chi connectivity index (χ2v) is 8.65. The van der Waals surface area contributed by atoms with Gasteiger partial charge in [-0.2, -0.15) is 0 Å². The van der Waals surface area contributed by atoms with Crippen molar-refractivity contribution in [3.05, 3.63) is 35.6 Å². The molecule has 0 saturated heterocycles. The molecular weight excluding hydrogens is 273 g/mol. The van der Waals surface area contributed by atoms with Gasteiger partial charge in [0.1, 0.15) is 5.82 Å². The topological polar surface area (TPSA) is 12.0 Å². The Labute approximate surface area is 131 Å². The summed E-state index contributed by atoms with van der Waals surface area (Å²) >= 11 is 0. The molecule has 0 spiro atoms. The van der Waals surface area contributed by atoms with Crippen LogP contribution < -0.4 is 5.32 Å². The minimum absolute atomic E-state index is 0.101. The van der Waals surface area contributed by atoms with E-state index in [0.29, 0.717) is 0 Å². The molecule has 2 bridgehead atoms. The van der Waals surface area contributed by atoms with Gasteiger partial charge in [0, 0.05) is 6.04 Å². The van der Waals surface area contributed by atoms with Crippen LogP contribution in [0.15, 0.2) is 24.3 Å². The molecular formula is C20H24FN. The summed E-state index contributed by atoms with van der Waals surface area (Å²) in [6.07, 6.45) is 5.30. The number of nitrogens with one attached hydrogen (secondary N) is 1. The molecule has 1 N–H and O–H groups in total. The quantitative estimate of drug-likeness (QED) is 0.820. The molecule has 5 saturated carbocycles. The van der Waals surface area contributed by atoms with Crippen molar-refractivity contribution in [3.63, 3.8) is 0 Å². The molecule has 22 heavy (non-hydrogen) atoms. The van der Waals surface area contributed by atoms with Gasteiger partial charge in [0.15, 0.2) is 0 Å². The van der Waals surface area contributed by atoms with E-state index in [1.54, 1.807) is 18.9 Å². The minimum Gasteiger partial charge on any atom is -0.313 e. The number of rotatable bonds is 5. The van der Waals surface area contributed by atoms with Gasteiger partial charge in [-0.15, -0.1) is 0 Å². The lowest BCUT2D eigenvalue weighted by Crippen LogP contribution is -2.51. The van der Waals surface area contributed by atoms with Crippen molar-refractivity contribution in [3.8, 4) is 0 Å². The summed E-state index contributed by atoms with van der Waals surface area (Å²) in [6.45, 7) is 1.11. The molecule has 5 fully saturated rings. The number of aryl methyl sites for hydroxylation is 1. The van der Waals surface area contributed by atoms with Gasteiger partial charge in [-0.1, -0.05) is 12.1 Å². The van der Waals surface area contributed by atoms with E-state index in [4.69, 9.17) is 0 Å². The maximum atomic E-state index is 13.2. The van der Waals surface area contributed by atoms with Crippen molar-refractivity contribution < 1.29 is 4.39 Å². The van der Waals surface area contributed by atoms with Gasteiger partial charge in [0.25, 0.3) is 0 Å². The second-order valence-electron chi connectivity index (χ2n) is 8.65. The van der Waals surface area contributed by atoms with E-state index in [2.05, 4.69) is 5.32 Å². The van der Waals surface area contributed by atoms with Crippen LogP contribution in [0, 0.1) is 53.2 Å². The number of fused-ring (bicyclic) bond motifs is 2. The Morgan fingerprint density at radius 3 is 2.64 bits per heavy atom. The molecule has 0 heterocycles. The Hall–Kier alpha value is -0.890. The van der Waals surface area contributed by atoms with E-state index in [0.717, 1.165) is 78.3 Å². The summed E-state index contributed by atoms with van der Waals surface area (Å²) in [5.74, 6) is 8.69. The van der Waals surface area contributed by atoms with Gasteiger partial charge in [-0.25, -0.2) is 4.39 Å². The summed E-state index contributed by atoms with van der Waals surface area (Å²) in [4.78, 5) is 0. The van der Waals surface area contributed by atoms with Crippen LogP contribution in [0.25, 0.3) is 0 Å². The standard InChI is InChI=1S/C20H24FN/c21-11-5-1-3-10(7-11)4-2-6-22-20-17-13-9-14-16-12(13)8-15(17)18(16)19(14)20/h1,3,5,7,12-20,22H,2,4,6,8-9H2/t12?,13?,14?,15?,16?,17?,18?,19?,20-/m0/s1. The molecule has 8 unspecified atom stereocenters. The van der Waals surface area contributed by atoms with Gasteiger partial charge >= 0.3 is 0 Å². The largest absolute Gasteiger partial charge is 0.313 e. The van der Waals surface area contributed by atoms with Crippen LogP contribution in [-0.2, 0) is 6.42 Å². The first-order valence-electron chi connectivity index (χ1n) is 9.31. The maximum Gasteiger partial charge on any atom is 0.123 e. The highest BCUT2D eigenvalue weighted by molar-refractivity contribution is 5.29. The van der Waals surface area contributed by atoms with Crippen LogP contribution in [0.1, 0.15) is 24.8 Å². The third-order valence-electron chi connectivity index (χ3n) is 8.23. The van der Waals surface area contributed by atoms with Crippen molar-refractivity contribution in [2.75, 3.05) is 6.54 Å². The molecule has 0 aromatic heterocycles. The Morgan fingerprint density at radius 1 is 0.955 bits per heavy atom. The van der Waals surface area contributed by atoms with Crippen molar-refractivity contribution in [2.45, 2.75) is 31.7 Å². The zero-order chi connectivity index (χ0) is 14.4. The third kappa shape index (κ3) is 1.35. The average molecular weight is 297 g/mol. The zero-order valence-corrected chi connectivity index (χ0v) is 12.9. The van der Waals surface area contributed by atoms with Crippen LogP contribution in [0.5, 0.6) is 0 Å². The third-order valence-corrected chi connectivity index (χ3v) is 8.23. The predicted molar refractivity (Wildman–Crippen MR) is 83.7 cm³/mol. The van der Waals surface area contributed by atoms with Crippen LogP contribution in [0.3, 0.4) is 0 Å². The highest BCUT2D eigenvalue weighted by Gasteiger charge is 2.80. The Morgan fingerprint density at radius 2 is 1.77 bits per heavy atom. The van der Waals surface area contributed by atoms with Gasteiger partial charge in [0.05, 0.1) is 0 Å². The average Bonchev–Trinajstić information content (AvgIpc) is 3.03. The summed E-state index contributed by atoms with van der Waals surface area (Å²) in [6, 6.07) is 7.93. The summed E-state index contributed by atoms with van der Waals surface area (Å²) in [7, 11) is 0. The van der Waals surface area contributed by atoms with E-state index in [9.17, 15) is 4.39 Å². The highest BCUT2D eigenvalue weighted by Crippen LogP contribution is 2.82. The van der Waals surface area contributed by atoms with Gasteiger partial charge in [-0.05, 0) is 97.3 Å². The first kappa shape index (κ1) is 12.5. The molecule has 2 heteroatoms. The molecule has 5 aliphatic rings. The minimum atomic E-state index is -0.101. The van der Waals surface area contributed by atoms with E-state index in [1.807, 2.05) is 12.1 Å². The highest BCUT2D eigenvalue weighted by atomic mass is 19.1. The lowest BCUT2D eigenvalue weighted by Gasteiger charge is -2.48. The van der Waals surface area contributed by atoms with Crippen molar-refractivity contribution in [2.24, 2.45) is 47.3 Å². The van der Waals surface area contributed by atoms with Crippen LogP contribution in [-0.4, -0.2) is 12.6 Å². The smallest absolute Gasteiger partial charge is 0.123 e. The second kappa shape index (κ2) is 4.14. The van der Waals surface area contributed by atoms with Crippen LogP contribution in [0.2, 0.25) is 0 Å². The lowest BCUT2D eigenvalue weighted by molar-refractivity contribution is 0.00979. The van der Waals surface area contributed by atoms with Crippen molar-refractivity contribution in [1.29, 1.82) is 0 Å². The fourth-order valence-corrected chi connectivity index (χ4v) is 8.00. The fraction of sp³-hybridized carbons (Fsp3) is 0.700. The summed E-state index contributed by atoms with van der Waals surface area (Å²) < 4.78 is 13.2. The van der Waals surface area contributed by atoms with E-state index in [1.165, 1.54) is 6.07 Å². The lowest BCUT2D eigenvalue weighted by atomic mass is 9.59. The zero-order valence-electron chi connectivity index (χ0n) is 12.9. The van der Waals surface area contributed by atoms with E-state index < -0.39 is 0 Å². The monoisotopic (exact) mass is 297 g/mol. The Balaban J connectivity index is 1.10. The predicted octanol–water partition coefficient (Wildman–Crippen LogP) is 3.49. The fourth-order valence-electron chi connectivity index (χ4n) is 8.00. The number of benzene rings is 1. The molecule has 116 valence electrons. The molecule has 1 aromatic carbocycles. The molecule has 1 aromatic rings. The normalized spacial score (nSPS) is 51.8. The number of halogens is 1. The summed E-state index contributed by atoms with van der Waals surface area (Å²) in [5.41, 5.74) is 1.14. The number of hydrogen-bond acceptors (Lipinski definition) is 1. The molecule has 9 atom stereocenters. The molecule has 6 rings (SSSR count). The number of hydrogen-bond donors (Lipinski definition) is 1. The molecule has 0 aliphatic heterocycles. The Kier molecular flexibility index (Phi) is 2.36. The van der Waals surface area contributed by atoms with Gasteiger partial charge < -0.3 is 5.32 Å². The first-order valence-corrected chi connectivity index (χ1v) is 9.31.